The zero-order valence-electron chi connectivity index (χ0n) is 9.37. The topological polar surface area (TPSA) is 44.5 Å². The first kappa shape index (κ1) is 12.0. The van der Waals surface area contributed by atoms with Crippen molar-refractivity contribution in [3.63, 3.8) is 0 Å². The number of rotatable bonds is 5. The van der Waals surface area contributed by atoms with Crippen molar-refractivity contribution in [3.05, 3.63) is 0 Å². The molecule has 0 saturated carbocycles. The summed E-state index contributed by atoms with van der Waals surface area (Å²) < 4.78 is 10.4. The molecule has 14 heavy (non-hydrogen) atoms. The molecule has 0 amide bonds. The maximum absolute atomic E-state index is 6.22. The molecular formula is C11H23NO2. The van der Waals surface area contributed by atoms with Crippen LogP contribution in [0, 0.1) is 11.8 Å². The molecule has 1 fully saturated rings. The summed E-state index contributed by atoms with van der Waals surface area (Å²) in [7, 11) is 1.74. The molecule has 0 spiro atoms. The third kappa shape index (κ3) is 3.56. The van der Waals surface area contributed by atoms with Crippen LogP contribution in [0.15, 0.2) is 0 Å². The zero-order valence-corrected chi connectivity index (χ0v) is 9.37. The minimum atomic E-state index is 0.314. The lowest BCUT2D eigenvalue weighted by Gasteiger charge is -2.31. The predicted octanol–water partition coefficient (Wildman–Crippen LogP) is 1.41. The van der Waals surface area contributed by atoms with Crippen LogP contribution >= 0.6 is 0 Å². The van der Waals surface area contributed by atoms with E-state index in [1.54, 1.807) is 7.11 Å². The summed E-state index contributed by atoms with van der Waals surface area (Å²) in [5.74, 6) is 1.20. The van der Waals surface area contributed by atoms with E-state index in [1.807, 2.05) is 0 Å². The smallest absolute Gasteiger partial charge is 0.0469 e. The fraction of sp³-hybridized carbons (Fsp3) is 1.00. The van der Waals surface area contributed by atoms with Crippen molar-refractivity contribution in [2.75, 3.05) is 26.9 Å². The molecule has 2 atom stereocenters. The molecule has 0 aromatic heterocycles. The van der Waals surface area contributed by atoms with Crippen LogP contribution in [-0.2, 0) is 9.47 Å². The highest BCUT2D eigenvalue weighted by Gasteiger charge is 2.24. The molecular weight excluding hydrogens is 178 g/mol. The Kier molecular flexibility index (Phi) is 5.45. The molecule has 1 heterocycles. The maximum Gasteiger partial charge on any atom is 0.0469 e. The second kappa shape index (κ2) is 6.38. The largest absolute Gasteiger partial charge is 0.385 e. The normalized spacial score (nSPS) is 23.4. The number of hydrogen-bond acceptors (Lipinski definition) is 3. The summed E-state index contributed by atoms with van der Waals surface area (Å²) >= 11 is 0. The van der Waals surface area contributed by atoms with Gasteiger partial charge < -0.3 is 15.2 Å². The Morgan fingerprint density at radius 2 is 2.07 bits per heavy atom. The summed E-state index contributed by atoms with van der Waals surface area (Å²) in [5.41, 5.74) is 6.22. The van der Waals surface area contributed by atoms with Gasteiger partial charge in [0.1, 0.15) is 0 Å². The van der Waals surface area contributed by atoms with E-state index in [0.29, 0.717) is 17.9 Å². The van der Waals surface area contributed by atoms with Gasteiger partial charge in [-0.3, -0.25) is 0 Å². The van der Waals surface area contributed by atoms with Crippen LogP contribution in [0.25, 0.3) is 0 Å². The average Bonchev–Trinajstić information content (AvgIpc) is 2.26. The van der Waals surface area contributed by atoms with Gasteiger partial charge in [0.2, 0.25) is 0 Å². The number of ether oxygens (including phenoxy) is 2. The minimum absolute atomic E-state index is 0.314. The molecule has 3 nitrogen and oxygen atoms in total. The molecule has 0 aliphatic carbocycles. The monoisotopic (exact) mass is 201 g/mol. The molecule has 1 aliphatic heterocycles. The minimum Gasteiger partial charge on any atom is -0.385 e. The summed E-state index contributed by atoms with van der Waals surface area (Å²) in [6.45, 7) is 4.81. The van der Waals surface area contributed by atoms with Crippen LogP contribution in [-0.4, -0.2) is 33.0 Å². The van der Waals surface area contributed by atoms with Gasteiger partial charge >= 0.3 is 0 Å². The van der Waals surface area contributed by atoms with E-state index in [9.17, 15) is 0 Å². The first-order valence-corrected chi connectivity index (χ1v) is 5.58. The Balaban J connectivity index is 2.26. The summed E-state index contributed by atoms with van der Waals surface area (Å²) in [5, 5.41) is 0. The Morgan fingerprint density at radius 3 is 2.64 bits per heavy atom. The molecule has 0 bridgehead atoms. The lowest BCUT2D eigenvalue weighted by Crippen LogP contribution is -2.39. The van der Waals surface area contributed by atoms with Crippen molar-refractivity contribution in [3.8, 4) is 0 Å². The van der Waals surface area contributed by atoms with Crippen LogP contribution < -0.4 is 5.73 Å². The van der Waals surface area contributed by atoms with Gasteiger partial charge in [0, 0.05) is 33.0 Å². The standard InChI is InChI=1S/C11H23NO2/c1-9(3-6-13-2)11(12)10-4-7-14-8-5-10/h9-11H,3-8,12H2,1-2H3. The predicted molar refractivity (Wildman–Crippen MR) is 57.2 cm³/mol. The highest BCUT2D eigenvalue weighted by molar-refractivity contribution is 4.79. The lowest BCUT2D eigenvalue weighted by molar-refractivity contribution is 0.0493. The van der Waals surface area contributed by atoms with Crippen LogP contribution in [0.5, 0.6) is 0 Å². The van der Waals surface area contributed by atoms with E-state index < -0.39 is 0 Å². The number of methoxy groups -OCH3 is 1. The van der Waals surface area contributed by atoms with Crippen molar-refractivity contribution in [2.24, 2.45) is 17.6 Å². The van der Waals surface area contributed by atoms with Crippen molar-refractivity contribution in [2.45, 2.75) is 32.2 Å². The van der Waals surface area contributed by atoms with Crippen LogP contribution in [0.3, 0.4) is 0 Å². The van der Waals surface area contributed by atoms with Gasteiger partial charge in [-0.25, -0.2) is 0 Å². The van der Waals surface area contributed by atoms with Crippen molar-refractivity contribution < 1.29 is 9.47 Å². The second-order valence-electron chi connectivity index (χ2n) is 4.29. The first-order chi connectivity index (χ1) is 6.75. The second-order valence-corrected chi connectivity index (χ2v) is 4.29. The van der Waals surface area contributed by atoms with Gasteiger partial charge in [-0.2, -0.15) is 0 Å². The van der Waals surface area contributed by atoms with Gasteiger partial charge in [0.15, 0.2) is 0 Å². The molecule has 2 N–H and O–H groups in total. The Labute approximate surface area is 86.9 Å². The SMILES string of the molecule is COCCC(C)C(N)C1CCOCC1. The molecule has 3 heteroatoms. The van der Waals surface area contributed by atoms with Crippen molar-refractivity contribution in [1.82, 2.24) is 0 Å². The molecule has 2 unspecified atom stereocenters. The van der Waals surface area contributed by atoms with Crippen molar-refractivity contribution in [1.29, 1.82) is 0 Å². The van der Waals surface area contributed by atoms with Gasteiger partial charge in [-0.15, -0.1) is 0 Å². The van der Waals surface area contributed by atoms with Gasteiger partial charge in [0.05, 0.1) is 0 Å². The summed E-state index contributed by atoms with van der Waals surface area (Å²) in [6, 6.07) is 0.314. The highest BCUT2D eigenvalue weighted by atomic mass is 16.5. The zero-order chi connectivity index (χ0) is 10.4. The maximum atomic E-state index is 6.22. The van der Waals surface area contributed by atoms with E-state index in [4.69, 9.17) is 15.2 Å². The van der Waals surface area contributed by atoms with E-state index in [-0.39, 0.29) is 0 Å². The Hall–Kier alpha value is -0.120. The van der Waals surface area contributed by atoms with Gasteiger partial charge in [-0.1, -0.05) is 6.92 Å². The van der Waals surface area contributed by atoms with Crippen LogP contribution in [0.4, 0.5) is 0 Å². The third-order valence-electron chi connectivity index (χ3n) is 3.24. The van der Waals surface area contributed by atoms with E-state index in [0.717, 1.165) is 39.1 Å². The van der Waals surface area contributed by atoms with Gasteiger partial charge in [-0.05, 0) is 31.1 Å². The van der Waals surface area contributed by atoms with E-state index in [1.165, 1.54) is 0 Å². The van der Waals surface area contributed by atoms with E-state index >= 15 is 0 Å². The van der Waals surface area contributed by atoms with Gasteiger partial charge in [0.25, 0.3) is 0 Å². The summed E-state index contributed by atoms with van der Waals surface area (Å²) in [6.07, 6.45) is 3.31. The quantitative estimate of drug-likeness (QED) is 0.731. The molecule has 1 aliphatic rings. The Morgan fingerprint density at radius 1 is 1.43 bits per heavy atom. The fourth-order valence-electron chi connectivity index (χ4n) is 2.06. The number of hydrogen-bond donors (Lipinski definition) is 1. The average molecular weight is 201 g/mol. The van der Waals surface area contributed by atoms with Crippen molar-refractivity contribution >= 4 is 0 Å². The van der Waals surface area contributed by atoms with E-state index in [2.05, 4.69) is 6.92 Å². The number of nitrogens with two attached hydrogens (primary N) is 1. The van der Waals surface area contributed by atoms with Crippen LogP contribution in [0.2, 0.25) is 0 Å². The molecule has 0 aromatic rings. The molecule has 1 rings (SSSR count). The van der Waals surface area contributed by atoms with Crippen LogP contribution in [0.1, 0.15) is 26.2 Å². The first-order valence-electron chi connectivity index (χ1n) is 5.58. The molecule has 1 saturated heterocycles. The fourth-order valence-corrected chi connectivity index (χ4v) is 2.06. The Bertz CT molecular complexity index is 146. The lowest BCUT2D eigenvalue weighted by atomic mass is 9.84. The molecule has 84 valence electrons. The highest BCUT2D eigenvalue weighted by Crippen LogP contribution is 2.23. The summed E-state index contributed by atoms with van der Waals surface area (Å²) in [4.78, 5) is 0. The molecule has 0 aromatic carbocycles. The third-order valence-corrected chi connectivity index (χ3v) is 3.24. The molecule has 0 radical (unpaired) electrons.